The van der Waals surface area contributed by atoms with E-state index in [1.165, 1.54) is 12.0 Å². The summed E-state index contributed by atoms with van der Waals surface area (Å²) in [6.07, 6.45) is 0. The molecule has 1 atom stereocenters. The van der Waals surface area contributed by atoms with Gasteiger partial charge in [0.05, 0.1) is 37.0 Å². The van der Waals surface area contributed by atoms with Crippen LogP contribution in [0.3, 0.4) is 0 Å². The first-order chi connectivity index (χ1) is 12.3. The summed E-state index contributed by atoms with van der Waals surface area (Å²) in [4.78, 5) is 25.9. The van der Waals surface area contributed by atoms with Crippen LogP contribution in [0.4, 0.5) is 4.79 Å². The van der Waals surface area contributed by atoms with E-state index in [0.29, 0.717) is 46.6 Å². The molecule has 1 heterocycles. The van der Waals surface area contributed by atoms with E-state index in [0.717, 1.165) is 0 Å². The molecule has 7 nitrogen and oxygen atoms in total. The molecule has 0 bridgehead atoms. The van der Waals surface area contributed by atoms with Crippen LogP contribution in [0.5, 0.6) is 11.5 Å². The fourth-order valence-electron chi connectivity index (χ4n) is 2.76. The molecule has 0 unspecified atom stereocenters. The minimum absolute atomic E-state index is 0.330. The Morgan fingerprint density at radius 1 is 1.27 bits per heavy atom. The van der Waals surface area contributed by atoms with Gasteiger partial charge in [-0.1, -0.05) is 11.6 Å². The average molecular weight is 383 g/mol. The molecule has 0 saturated carbocycles. The Hall–Kier alpha value is -2.41. The van der Waals surface area contributed by atoms with E-state index < -0.39 is 12.0 Å². The van der Waals surface area contributed by atoms with Crippen molar-refractivity contribution in [3.8, 4) is 11.5 Å². The van der Waals surface area contributed by atoms with E-state index in [9.17, 15) is 9.59 Å². The third-order valence-electron chi connectivity index (χ3n) is 4.11. The number of ether oxygens (including phenoxy) is 3. The van der Waals surface area contributed by atoms with Crippen LogP contribution in [0, 0.1) is 0 Å². The van der Waals surface area contributed by atoms with Crippen molar-refractivity contribution in [1.82, 2.24) is 10.2 Å². The second-order valence-electron chi connectivity index (χ2n) is 5.63. The van der Waals surface area contributed by atoms with Crippen molar-refractivity contribution in [3.63, 3.8) is 0 Å². The molecule has 0 fully saturated rings. The fraction of sp³-hybridized carbons (Fsp3) is 0.444. The minimum Gasteiger partial charge on any atom is -0.490 e. The SMILES string of the molecule is CCOc1cc([C@H]2NC(=O)N(C)C(C)=C2C(=O)OC)cc(Cl)c1OCC. The third kappa shape index (κ3) is 3.72. The quantitative estimate of drug-likeness (QED) is 0.764. The lowest BCUT2D eigenvalue weighted by Crippen LogP contribution is -2.46. The van der Waals surface area contributed by atoms with Crippen molar-refractivity contribution in [3.05, 3.63) is 34.0 Å². The number of hydrogen-bond acceptors (Lipinski definition) is 5. The summed E-state index contributed by atoms with van der Waals surface area (Å²) in [6, 6.07) is 2.33. The molecule has 0 radical (unpaired) electrons. The number of halogens is 1. The van der Waals surface area contributed by atoms with E-state index in [4.69, 9.17) is 25.8 Å². The van der Waals surface area contributed by atoms with E-state index in [2.05, 4.69) is 5.32 Å². The molecule has 1 aromatic carbocycles. The van der Waals surface area contributed by atoms with Gasteiger partial charge in [-0.15, -0.1) is 0 Å². The van der Waals surface area contributed by atoms with Crippen molar-refractivity contribution < 1.29 is 23.8 Å². The van der Waals surface area contributed by atoms with Crippen molar-refractivity contribution >= 4 is 23.6 Å². The highest BCUT2D eigenvalue weighted by atomic mass is 35.5. The predicted molar refractivity (Wildman–Crippen MR) is 97.5 cm³/mol. The van der Waals surface area contributed by atoms with Crippen LogP contribution in [-0.4, -0.2) is 44.3 Å². The molecule has 1 aliphatic rings. The van der Waals surface area contributed by atoms with Gasteiger partial charge in [0, 0.05) is 12.7 Å². The Labute approximate surface area is 157 Å². The predicted octanol–water partition coefficient (Wildman–Crippen LogP) is 3.28. The maximum absolute atomic E-state index is 12.3. The summed E-state index contributed by atoms with van der Waals surface area (Å²) in [5.41, 5.74) is 1.44. The molecule has 0 aliphatic carbocycles. The van der Waals surface area contributed by atoms with Crippen LogP contribution >= 0.6 is 11.6 Å². The number of nitrogens with zero attached hydrogens (tertiary/aromatic N) is 1. The van der Waals surface area contributed by atoms with E-state index in [-0.39, 0.29) is 6.03 Å². The Balaban J connectivity index is 2.60. The first kappa shape index (κ1) is 19.9. The molecule has 0 spiro atoms. The number of methoxy groups -OCH3 is 1. The highest BCUT2D eigenvalue weighted by Crippen LogP contribution is 2.41. The fourth-order valence-corrected chi connectivity index (χ4v) is 3.04. The van der Waals surface area contributed by atoms with Gasteiger partial charge in [0.15, 0.2) is 11.5 Å². The number of benzene rings is 1. The molecule has 8 heteroatoms. The molecule has 26 heavy (non-hydrogen) atoms. The summed E-state index contributed by atoms with van der Waals surface area (Å²) in [7, 11) is 2.88. The van der Waals surface area contributed by atoms with Crippen LogP contribution in [0.25, 0.3) is 0 Å². The van der Waals surface area contributed by atoms with Gasteiger partial charge in [0.1, 0.15) is 0 Å². The molecule has 0 saturated heterocycles. The average Bonchev–Trinajstić information content (AvgIpc) is 2.61. The van der Waals surface area contributed by atoms with Crippen LogP contribution in [0.15, 0.2) is 23.4 Å². The number of nitrogens with one attached hydrogen (secondary N) is 1. The highest BCUT2D eigenvalue weighted by molar-refractivity contribution is 6.32. The van der Waals surface area contributed by atoms with Gasteiger partial charge in [0.2, 0.25) is 0 Å². The standard InChI is InChI=1S/C18H23ClN2O5/c1-6-25-13-9-11(8-12(19)16(13)26-7-2)15-14(17(22)24-5)10(3)21(4)18(23)20-15/h8-9,15H,6-7H2,1-5H3,(H,20,23)/t15-/m1/s1. The first-order valence-electron chi connectivity index (χ1n) is 8.27. The summed E-state index contributed by atoms with van der Waals surface area (Å²) in [5, 5.41) is 3.14. The maximum atomic E-state index is 12.3. The highest BCUT2D eigenvalue weighted by Gasteiger charge is 2.35. The maximum Gasteiger partial charge on any atom is 0.337 e. The van der Waals surface area contributed by atoms with Gasteiger partial charge < -0.3 is 24.4 Å². The van der Waals surface area contributed by atoms with Crippen molar-refractivity contribution in [2.75, 3.05) is 27.4 Å². The third-order valence-corrected chi connectivity index (χ3v) is 4.39. The van der Waals surface area contributed by atoms with E-state index >= 15 is 0 Å². The van der Waals surface area contributed by atoms with Gasteiger partial charge in [0.25, 0.3) is 0 Å². The van der Waals surface area contributed by atoms with Gasteiger partial charge in [-0.3, -0.25) is 0 Å². The molecule has 1 aromatic rings. The smallest absolute Gasteiger partial charge is 0.337 e. The Bertz CT molecular complexity index is 747. The Kier molecular flexibility index (Phi) is 6.37. The lowest BCUT2D eigenvalue weighted by molar-refractivity contribution is -0.136. The van der Waals surface area contributed by atoms with Gasteiger partial charge in [-0.2, -0.15) is 0 Å². The molecular weight excluding hydrogens is 360 g/mol. The normalized spacial score (nSPS) is 17.1. The summed E-state index contributed by atoms with van der Waals surface area (Å²) in [5.74, 6) is 0.355. The zero-order valence-electron chi connectivity index (χ0n) is 15.5. The monoisotopic (exact) mass is 382 g/mol. The molecule has 2 amide bonds. The summed E-state index contributed by atoms with van der Waals surface area (Å²) in [6.45, 7) is 6.22. The molecule has 2 rings (SSSR count). The number of hydrogen-bond donors (Lipinski definition) is 1. The first-order valence-corrected chi connectivity index (χ1v) is 8.65. The zero-order valence-corrected chi connectivity index (χ0v) is 16.3. The lowest BCUT2D eigenvalue weighted by Gasteiger charge is -2.33. The zero-order chi connectivity index (χ0) is 19.4. The lowest BCUT2D eigenvalue weighted by atomic mass is 9.94. The number of esters is 1. The Morgan fingerprint density at radius 2 is 1.92 bits per heavy atom. The molecule has 0 aromatic heterocycles. The minimum atomic E-state index is -0.710. The van der Waals surface area contributed by atoms with Gasteiger partial charge >= 0.3 is 12.0 Å². The second kappa shape index (κ2) is 8.31. The Morgan fingerprint density at radius 3 is 2.50 bits per heavy atom. The summed E-state index contributed by atoms with van der Waals surface area (Å²) < 4.78 is 16.1. The topological polar surface area (TPSA) is 77.1 Å². The van der Waals surface area contributed by atoms with Crippen LogP contribution in [0.2, 0.25) is 5.02 Å². The number of carbonyl (C=O) groups is 2. The molecule has 142 valence electrons. The van der Waals surface area contributed by atoms with Crippen LogP contribution < -0.4 is 14.8 Å². The van der Waals surface area contributed by atoms with E-state index in [1.54, 1.807) is 26.1 Å². The molecule has 1 aliphatic heterocycles. The van der Waals surface area contributed by atoms with Crippen molar-refractivity contribution in [2.45, 2.75) is 26.8 Å². The number of amides is 2. The summed E-state index contributed by atoms with van der Waals surface area (Å²) >= 11 is 6.37. The van der Waals surface area contributed by atoms with Crippen LogP contribution in [-0.2, 0) is 9.53 Å². The van der Waals surface area contributed by atoms with Gasteiger partial charge in [-0.05, 0) is 38.5 Å². The van der Waals surface area contributed by atoms with Crippen LogP contribution in [0.1, 0.15) is 32.4 Å². The number of urea groups is 1. The van der Waals surface area contributed by atoms with Gasteiger partial charge in [-0.25, -0.2) is 9.59 Å². The number of carbonyl (C=O) groups excluding carboxylic acids is 2. The second-order valence-corrected chi connectivity index (χ2v) is 6.04. The van der Waals surface area contributed by atoms with E-state index in [1.807, 2.05) is 13.8 Å². The number of rotatable bonds is 6. The molecular formula is C18H23ClN2O5. The van der Waals surface area contributed by atoms with Crippen molar-refractivity contribution in [1.29, 1.82) is 0 Å². The molecule has 1 N–H and O–H groups in total. The number of allylic oxidation sites excluding steroid dienone is 1. The van der Waals surface area contributed by atoms with Crippen molar-refractivity contribution in [2.24, 2.45) is 0 Å². The largest absolute Gasteiger partial charge is 0.490 e.